The van der Waals surface area contributed by atoms with Gasteiger partial charge in [0.25, 0.3) is 0 Å². The van der Waals surface area contributed by atoms with E-state index in [0.29, 0.717) is 11.6 Å². The van der Waals surface area contributed by atoms with Crippen molar-refractivity contribution >= 4 is 5.69 Å². The number of pyridine rings is 1. The first-order chi connectivity index (χ1) is 10.8. The lowest BCUT2D eigenvalue weighted by Gasteiger charge is -2.31. The van der Waals surface area contributed by atoms with E-state index in [1.807, 2.05) is 23.9 Å². The minimum Gasteiger partial charge on any atom is -0.385 e. The molecule has 3 rings (SSSR count). The SMILES string of the molecule is Cn1ccnc1[C@@H]1OCCC[C@H]1CNc1ccnc(C#N)c1. The number of aromatic nitrogens is 3. The van der Waals surface area contributed by atoms with Gasteiger partial charge in [-0.2, -0.15) is 5.26 Å². The molecule has 0 saturated carbocycles. The van der Waals surface area contributed by atoms with Gasteiger partial charge < -0.3 is 14.6 Å². The number of nitriles is 1. The fraction of sp³-hybridized carbons (Fsp3) is 0.438. The van der Waals surface area contributed by atoms with Gasteiger partial charge in [-0.25, -0.2) is 9.97 Å². The molecule has 0 spiro atoms. The van der Waals surface area contributed by atoms with Crippen molar-refractivity contribution < 1.29 is 4.74 Å². The standard InChI is InChI=1S/C16H19N5O/c1-21-7-6-19-16(21)15-12(3-2-8-22-15)11-20-13-4-5-18-14(9-13)10-17/h4-7,9,12,15H,2-3,8,11H2,1H3,(H,18,20)/t12-,15+/m0/s1. The molecule has 6 heteroatoms. The van der Waals surface area contributed by atoms with E-state index in [2.05, 4.69) is 21.4 Å². The molecular weight excluding hydrogens is 278 g/mol. The highest BCUT2D eigenvalue weighted by Gasteiger charge is 2.30. The van der Waals surface area contributed by atoms with Crippen molar-refractivity contribution in [2.24, 2.45) is 13.0 Å². The predicted octanol–water partition coefficient (Wildman–Crippen LogP) is 2.27. The zero-order chi connectivity index (χ0) is 15.4. The van der Waals surface area contributed by atoms with Crippen LogP contribution in [0, 0.1) is 17.2 Å². The number of hydrogen-bond acceptors (Lipinski definition) is 5. The van der Waals surface area contributed by atoms with Gasteiger partial charge in [0.2, 0.25) is 0 Å². The Kier molecular flexibility index (Phi) is 4.35. The zero-order valence-electron chi connectivity index (χ0n) is 12.6. The topological polar surface area (TPSA) is 75.8 Å². The molecule has 1 fully saturated rings. The van der Waals surface area contributed by atoms with E-state index < -0.39 is 0 Å². The summed E-state index contributed by atoms with van der Waals surface area (Å²) >= 11 is 0. The summed E-state index contributed by atoms with van der Waals surface area (Å²) in [6.45, 7) is 1.56. The molecule has 0 amide bonds. The lowest BCUT2D eigenvalue weighted by Crippen LogP contribution is -2.30. The Hall–Kier alpha value is -2.39. The maximum absolute atomic E-state index is 8.91. The number of nitrogens with zero attached hydrogens (tertiary/aromatic N) is 4. The molecule has 0 aliphatic carbocycles. The third-order valence-electron chi connectivity index (χ3n) is 4.00. The van der Waals surface area contributed by atoms with Crippen LogP contribution in [-0.2, 0) is 11.8 Å². The highest BCUT2D eigenvalue weighted by atomic mass is 16.5. The molecule has 0 unspecified atom stereocenters. The largest absolute Gasteiger partial charge is 0.385 e. The van der Waals surface area contributed by atoms with Crippen molar-refractivity contribution in [1.82, 2.24) is 14.5 Å². The van der Waals surface area contributed by atoms with Crippen LogP contribution in [0.2, 0.25) is 0 Å². The van der Waals surface area contributed by atoms with Gasteiger partial charge in [-0.15, -0.1) is 0 Å². The molecule has 2 atom stereocenters. The van der Waals surface area contributed by atoms with Gasteiger partial charge in [0.15, 0.2) is 0 Å². The van der Waals surface area contributed by atoms with Gasteiger partial charge in [-0.05, 0) is 25.0 Å². The average Bonchev–Trinajstić information content (AvgIpc) is 2.99. The number of ether oxygens (including phenoxy) is 1. The predicted molar refractivity (Wildman–Crippen MR) is 82.1 cm³/mol. The summed E-state index contributed by atoms with van der Waals surface area (Å²) in [5.74, 6) is 1.33. The molecule has 0 aromatic carbocycles. The highest BCUT2D eigenvalue weighted by molar-refractivity contribution is 5.45. The minimum absolute atomic E-state index is 0.0125. The second-order valence-electron chi connectivity index (χ2n) is 5.51. The number of aryl methyl sites for hydroxylation is 1. The van der Waals surface area contributed by atoms with E-state index in [0.717, 1.165) is 37.5 Å². The molecule has 6 nitrogen and oxygen atoms in total. The first-order valence-corrected chi connectivity index (χ1v) is 7.47. The van der Waals surface area contributed by atoms with Crippen LogP contribution in [0.5, 0.6) is 0 Å². The van der Waals surface area contributed by atoms with Crippen LogP contribution < -0.4 is 5.32 Å². The Morgan fingerprint density at radius 3 is 3.14 bits per heavy atom. The summed E-state index contributed by atoms with van der Waals surface area (Å²) in [6, 6.07) is 5.69. The van der Waals surface area contributed by atoms with E-state index in [1.165, 1.54) is 0 Å². The Labute approximate surface area is 129 Å². The van der Waals surface area contributed by atoms with Crippen LogP contribution in [0.15, 0.2) is 30.7 Å². The molecule has 22 heavy (non-hydrogen) atoms. The van der Waals surface area contributed by atoms with Gasteiger partial charge in [-0.1, -0.05) is 0 Å². The first kappa shape index (κ1) is 14.5. The third-order valence-corrected chi connectivity index (χ3v) is 4.00. The molecule has 0 bridgehead atoms. The Balaban J connectivity index is 1.69. The van der Waals surface area contributed by atoms with Crippen molar-refractivity contribution in [1.29, 1.82) is 5.26 Å². The van der Waals surface area contributed by atoms with E-state index in [-0.39, 0.29) is 6.10 Å². The van der Waals surface area contributed by atoms with Crippen LogP contribution in [0.1, 0.15) is 30.5 Å². The number of nitrogens with one attached hydrogen (secondary N) is 1. The van der Waals surface area contributed by atoms with Crippen molar-refractivity contribution in [2.45, 2.75) is 18.9 Å². The molecule has 114 valence electrons. The second kappa shape index (κ2) is 6.58. The van der Waals surface area contributed by atoms with Crippen LogP contribution in [0.4, 0.5) is 5.69 Å². The van der Waals surface area contributed by atoms with Crippen LogP contribution in [0.3, 0.4) is 0 Å². The quantitative estimate of drug-likeness (QED) is 0.937. The second-order valence-corrected chi connectivity index (χ2v) is 5.51. The van der Waals surface area contributed by atoms with Crippen molar-refractivity contribution in [3.8, 4) is 6.07 Å². The maximum atomic E-state index is 8.91. The molecule has 0 radical (unpaired) electrons. The molecule has 1 saturated heterocycles. The molecular formula is C16H19N5O. The van der Waals surface area contributed by atoms with Crippen molar-refractivity contribution in [2.75, 3.05) is 18.5 Å². The molecule has 1 aliphatic rings. The Morgan fingerprint density at radius 2 is 2.36 bits per heavy atom. The maximum Gasteiger partial charge on any atom is 0.142 e. The zero-order valence-corrected chi connectivity index (χ0v) is 12.6. The Bertz CT molecular complexity index is 675. The van der Waals surface area contributed by atoms with Gasteiger partial charge >= 0.3 is 0 Å². The van der Waals surface area contributed by atoms with E-state index >= 15 is 0 Å². The average molecular weight is 297 g/mol. The first-order valence-electron chi connectivity index (χ1n) is 7.47. The van der Waals surface area contributed by atoms with E-state index in [4.69, 9.17) is 10.00 Å². The molecule has 3 heterocycles. The number of hydrogen-bond donors (Lipinski definition) is 1. The van der Waals surface area contributed by atoms with Gasteiger partial charge in [0, 0.05) is 50.4 Å². The lowest BCUT2D eigenvalue weighted by atomic mass is 9.93. The van der Waals surface area contributed by atoms with Gasteiger partial charge in [0.1, 0.15) is 23.7 Å². The van der Waals surface area contributed by atoms with Crippen LogP contribution >= 0.6 is 0 Å². The summed E-state index contributed by atoms with van der Waals surface area (Å²) in [4.78, 5) is 8.41. The highest BCUT2D eigenvalue weighted by Crippen LogP contribution is 2.32. The van der Waals surface area contributed by atoms with Crippen LogP contribution in [0.25, 0.3) is 0 Å². The van der Waals surface area contributed by atoms with Gasteiger partial charge in [-0.3, -0.25) is 0 Å². The summed E-state index contributed by atoms with van der Waals surface area (Å²) in [5, 5.41) is 12.3. The number of rotatable bonds is 4. The lowest BCUT2D eigenvalue weighted by molar-refractivity contribution is -0.0304. The van der Waals surface area contributed by atoms with E-state index in [1.54, 1.807) is 18.5 Å². The Morgan fingerprint density at radius 1 is 1.45 bits per heavy atom. The molecule has 1 N–H and O–H groups in total. The van der Waals surface area contributed by atoms with Crippen molar-refractivity contribution in [3.63, 3.8) is 0 Å². The normalized spacial score (nSPS) is 21.3. The van der Waals surface area contributed by atoms with Gasteiger partial charge in [0.05, 0.1) is 0 Å². The summed E-state index contributed by atoms with van der Waals surface area (Å²) in [5.41, 5.74) is 1.33. The smallest absolute Gasteiger partial charge is 0.142 e. The fourth-order valence-electron chi connectivity index (χ4n) is 2.84. The molecule has 2 aromatic heterocycles. The van der Waals surface area contributed by atoms with Crippen molar-refractivity contribution in [3.05, 3.63) is 42.2 Å². The summed E-state index contributed by atoms with van der Waals surface area (Å²) < 4.78 is 7.98. The molecule has 2 aromatic rings. The van der Waals surface area contributed by atoms with E-state index in [9.17, 15) is 0 Å². The summed E-state index contributed by atoms with van der Waals surface area (Å²) in [7, 11) is 1.99. The third kappa shape index (κ3) is 3.10. The summed E-state index contributed by atoms with van der Waals surface area (Å²) in [6.07, 6.45) is 7.57. The monoisotopic (exact) mass is 297 g/mol. The number of anilines is 1. The van der Waals surface area contributed by atoms with Crippen LogP contribution in [-0.4, -0.2) is 27.7 Å². The molecule has 1 aliphatic heterocycles. The fourth-order valence-corrected chi connectivity index (χ4v) is 2.84. The number of imidazole rings is 1. The minimum atomic E-state index is 0.0125.